The van der Waals surface area contributed by atoms with Gasteiger partial charge in [-0.05, 0) is 17.7 Å². The van der Waals surface area contributed by atoms with Crippen molar-refractivity contribution in [3.05, 3.63) is 126 Å². The van der Waals surface area contributed by atoms with Gasteiger partial charge in [-0.3, -0.25) is 0 Å². The van der Waals surface area contributed by atoms with E-state index in [0.29, 0.717) is 11.1 Å². The molecule has 1 aromatic heterocycles. The molecule has 3 aromatic carbocycles. The van der Waals surface area contributed by atoms with Crippen LogP contribution in [0.5, 0.6) is 0 Å². The first kappa shape index (κ1) is 16.2. The molecule has 4 rings (SSSR count). The maximum absolute atomic E-state index is 15.0. The number of benzene rings is 3. The van der Waals surface area contributed by atoms with Crippen LogP contribution in [0.1, 0.15) is 16.7 Å². The summed E-state index contributed by atoms with van der Waals surface area (Å²) in [6.07, 6.45) is 4.93. The standard InChI is InChI=1S/C22H16F2N2/c23-20-12-6-4-10-18(20)22(26-15-14-25-16-26,17-8-2-1-3-9-17)19-11-5-7-13-21(19)24/h1-16H. The highest BCUT2D eigenvalue weighted by atomic mass is 19.1. The van der Waals surface area contributed by atoms with Crippen molar-refractivity contribution in [2.75, 3.05) is 0 Å². The molecule has 0 saturated heterocycles. The Hall–Kier alpha value is -3.27. The highest BCUT2D eigenvalue weighted by Gasteiger charge is 2.41. The average Bonchev–Trinajstić information content (AvgIpc) is 3.21. The van der Waals surface area contributed by atoms with Gasteiger partial charge in [0.25, 0.3) is 0 Å². The Morgan fingerprint density at radius 3 is 1.73 bits per heavy atom. The van der Waals surface area contributed by atoms with E-state index in [9.17, 15) is 0 Å². The van der Waals surface area contributed by atoms with Crippen LogP contribution in [0.2, 0.25) is 0 Å². The minimum Gasteiger partial charge on any atom is -0.319 e. The molecule has 0 saturated carbocycles. The quantitative estimate of drug-likeness (QED) is 0.475. The molecule has 1 heterocycles. The van der Waals surface area contributed by atoms with Crippen molar-refractivity contribution in [3.63, 3.8) is 0 Å². The maximum atomic E-state index is 15.0. The van der Waals surface area contributed by atoms with Crippen molar-refractivity contribution in [2.24, 2.45) is 0 Å². The van der Waals surface area contributed by atoms with Crippen LogP contribution in [0.15, 0.2) is 97.6 Å². The van der Waals surface area contributed by atoms with Crippen molar-refractivity contribution in [1.82, 2.24) is 9.55 Å². The van der Waals surface area contributed by atoms with Gasteiger partial charge < -0.3 is 4.57 Å². The van der Waals surface area contributed by atoms with Gasteiger partial charge in [0.1, 0.15) is 17.2 Å². The lowest BCUT2D eigenvalue weighted by Crippen LogP contribution is -2.38. The third-order valence-electron chi connectivity index (χ3n) is 4.61. The normalized spacial score (nSPS) is 11.5. The number of rotatable bonds is 4. The molecule has 0 bridgehead atoms. The second-order valence-electron chi connectivity index (χ2n) is 6.01. The van der Waals surface area contributed by atoms with Crippen LogP contribution in [-0.2, 0) is 5.54 Å². The molecule has 4 aromatic rings. The minimum absolute atomic E-state index is 0.356. The van der Waals surface area contributed by atoms with Crippen LogP contribution < -0.4 is 0 Å². The monoisotopic (exact) mass is 346 g/mol. The van der Waals surface area contributed by atoms with Gasteiger partial charge >= 0.3 is 0 Å². The van der Waals surface area contributed by atoms with Gasteiger partial charge in [-0.2, -0.15) is 0 Å². The van der Waals surface area contributed by atoms with E-state index in [1.807, 2.05) is 30.3 Å². The molecule has 0 spiro atoms. The molecule has 0 atom stereocenters. The third kappa shape index (κ3) is 2.42. The van der Waals surface area contributed by atoms with E-state index < -0.39 is 17.2 Å². The van der Waals surface area contributed by atoms with Crippen molar-refractivity contribution in [1.29, 1.82) is 0 Å². The first-order valence-corrected chi connectivity index (χ1v) is 8.28. The van der Waals surface area contributed by atoms with Gasteiger partial charge in [-0.25, -0.2) is 13.8 Å². The van der Waals surface area contributed by atoms with Crippen LogP contribution in [-0.4, -0.2) is 9.55 Å². The zero-order valence-electron chi connectivity index (χ0n) is 13.9. The van der Waals surface area contributed by atoms with E-state index in [1.165, 1.54) is 12.1 Å². The van der Waals surface area contributed by atoms with Gasteiger partial charge in [0.2, 0.25) is 0 Å². The first-order valence-electron chi connectivity index (χ1n) is 8.28. The Labute approximate surface area is 150 Å². The number of halogens is 2. The van der Waals surface area contributed by atoms with Crippen LogP contribution in [0.4, 0.5) is 8.78 Å². The summed E-state index contributed by atoms with van der Waals surface area (Å²) in [7, 11) is 0. The summed E-state index contributed by atoms with van der Waals surface area (Å²) in [4.78, 5) is 4.14. The SMILES string of the molecule is Fc1ccccc1C(c1ccccc1)(c1ccccc1F)n1ccnc1. The lowest BCUT2D eigenvalue weighted by molar-refractivity contribution is 0.453. The van der Waals surface area contributed by atoms with E-state index in [0.717, 1.165) is 5.56 Å². The van der Waals surface area contributed by atoms with Gasteiger partial charge in [-0.1, -0.05) is 66.7 Å². The molecule has 0 aliphatic carbocycles. The summed E-state index contributed by atoms with van der Waals surface area (Å²) in [5.74, 6) is -0.818. The Morgan fingerprint density at radius 1 is 0.692 bits per heavy atom. The molecule has 0 N–H and O–H groups in total. The maximum Gasteiger partial charge on any atom is 0.129 e. The number of aromatic nitrogens is 2. The predicted octanol–water partition coefficient (Wildman–Crippen LogP) is 5.00. The molecule has 0 aliphatic rings. The van der Waals surface area contributed by atoms with Crippen LogP contribution >= 0.6 is 0 Å². The van der Waals surface area contributed by atoms with Crippen molar-refractivity contribution in [3.8, 4) is 0 Å². The van der Waals surface area contributed by atoms with Crippen LogP contribution in [0, 0.1) is 11.6 Å². The van der Waals surface area contributed by atoms with Crippen molar-refractivity contribution < 1.29 is 8.78 Å². The van der Waals surface area contributed by atoms with Crippen molar-refractivity contribution >= 4 is 0 Å². The fourth-order valence-electron chi connectivity index (χ4n) is 3.53. The molecular weight excluding hydrogens is 330 g/mol. The number of imidazole rings is 1. The Morgan fingerprint density at radius 2 is 1.23 bits per heavy atom. The molecule has 0 amide bonds. The van der Waals surface area contributed by atoms with Crippen LogP contribution in [0.3, 0.4) is 0 Å². The second-order valence-corrected chi connectivity index (χ2v) is 6.01. The highest BCUT2D eigenvalue weighted by molar-refractivity contribution is 5.51. The van der Waals surface area contributed by atoms with Gasteiger partial charge in [0.15, 0.2) is 0 Å². The van der Waals surface area contributed by atoms with Gasteiger partial charge in [0.05, 0.1) is 6.33 Å². The highest BCUT2D eigenvalue weighted by Crippen LogP contribution is 2.42. The zero-order valence-corrected chi connectivity index (χ0v) is 13.9. The van der Waals surface area contributed by atoms with Gasteiger partial charge in [0, 0.05) is 23.5 Å². The molecule has 0 aliphatic heterocycles. The molecule has 4 heteroatoms. The summed E-state index contributed by atoms with van der Waals surface area (Å²) in [5.41, 5.74) is 0.242. The lowest BCUT2D eigenvalue weighted by atomic mass is 9.76. The number of nitrogens with zero attached hydrogens (tertiary/aromatic N) is 2. The summed E-state index contributed by atoms with van der Waals surface area (Å²) < 4.78 is 31.8. The van der Waals surface area contributed by atoms with E-state index in [-0.39, 0.29) is 0 Å². The first-order chi connectivity index (χ1) is 12.7. The minimum atomic E-state index is -1.21. The summed E-state index contributed by atoms with van der Waals surface area (Å²) in [6.45, 7) is 0. The van der Waals surface area contributed by atoms with Crippen molar-refractivity contribution in [2.45, 2.75) is 5.54 Å². The lowest BCUT2D eigenvalue weighted by Gasteiger charge is -2.37. The third-order valence-corrected chi connectivity index (χ3v) is 4.61. The number of hydrogen-bond donors (Lipinski definition) is 0. The van der Waals surface area contributed by atoms with Crippen LogP contribution in [0.25, 0.3) is 0 Å². The van der Waals surface area contributed by atoms with E-state index in [4.69, 9.17) is 0 Å². The van der Waals surface area contributed by atoms with E-state index >= 15 is 8.78 Å². The largest absolute Gasteiger partial charge is 0.319 e. The molecule has 2 nitrogen and oxygen atoms in total. The second kappa shape index (κ2) is 6.56. The summed E-state index contributed by atoms with van der Waals surface area (Å²) >= 11 is 0. The van der Waals surface area contributed by atoms with E-state index in [2.05, 4.69) is 4.98 Å². The average molecular weight is 346 g/mol. The van der Waals surface area contributed by atoms with Gasteiger partial charge in [-0.15, -0.1) is 0 Å². The molecule has 0 unspecified atom stereocenters. The molecule has 0 fully saturated rings. The Balaban J connectivity index is 2.19. The van der Waals surface area contributed by atoms with E-state index in [1.54, 1.807) is 59.7 Å². The Kier molecular flexibility index (Phi) is 4.09. The summed E-state index contributed by atoms with van der Waals surface area (Å²) in [6, 6.07) is 22.3. The Bertz CT molecular complexity index is 966. The molecule has 26 heavy (non-hydrogen) atoms. The fraction of sp³-hybridized carbons (Fsp3) is 0.0455. The topological polar surface area (TPSA) is 17.8 Å². The molecular formula is C22H16F2N2. The molecule has 0 radical (unpaired) electrons. The zero-order chi connectivity index (χ0) is 18.0. The smallest absolute Gasteiger partial charge is 0.129 e. The fourth-order valence-corrected chi connectivity index (χ4v) is 3.53. The number of hydrogen-bond acceptors (Lipinski definition) is 1. The predicted molar refractivity (Wildman–Crippen MR) is 96.7 cm³/mol. The molecule has 128 valence electrons. The summed E-state index contributed by atoms with van der Waals surface area (Å²) in [5, 5.41) is 0.